The maximum atomic E-state index is 12.3. The molecule has 1 aliphatic carbocycles. The van der Waals surface area contributed by atoms with Crippen LogP contribution < -0.4 is 5.32 Å². The second kappa shape index (κ2) is 6.61. The maximum absolute atomic E-state index is 12.3. The van der Waals surface area contributed by atoms with Crippen LogP contribution >= 0.6 is 11.6 Å². The van der Waals surface area contributed by atoms with Gasteiger partial charge in [0.15, 0.2) is 0 Å². The van der Waals surface area contributed by atoms with Crippen molar-refractivity contribution in [2.24, 2.45) is 12.5 Å². The highest BCUT2D eigenvalue weighted by atomic mass is 35.5. The van der Waals surface area contributed by atoms with Gasteiger partial charge in [0.2, 0.25) is 0 Å². The minimum absolute atomic E-state index is 0.0465. The van der Waals surface area contributed by atoms with E-state index in [-0.39, 0.29) is 11.3 Å². The lowest BCUT2D eigenvalue weighted by molar-refractivity contribution is 0.0911. The Hall–Kier alpha value is -1.03. The van der Waals surface area contributed by atoms with Crippen LogP contribution in [0.1, 0.15) is 55.2 Å². The van der Waals surface area contributed by atoms with E-state index in [2.05, 4.69) is 10.4 Å². The Labute approximate surface area is 125 Å². The van der Waals surface area contributed by atoms with Gasteiger partial charge in [-0.2, -0.15) is 5.10 Å². The summed E-state index contributed by atoms with van der Waals surface area (Å²) in [7, 11) is 1.81. The molecule has 0 aliphatic heterocycles. The van der Waals surface area contributed by atoms with Crippen LogP contribution in [0.25, 0.3) is 0 Å². The average Bonchev–Trinajstić information content (AvgIpc) is 2.87. The van der Waals surface area contributed by atoms with Gasteiger partial charge < -0.3 is 5.32 Å². The summed E-state index contributed by atoms with van der Waals surface area (Å²) in [4.78, 5) is 12.3. The maximum Gasteiger partial charge on any atom is 0.269 e. The summed E-state index contributed by atoms with van der Waals surface area (Å²) in [5.41, 5.74) is 1.66. The number of amides is 1. The Balaban J connectivity index is 1.98. The smallest absolute Gasteiger partial charge is 0.269 e. The Morgan fingerprint density at radius 1 is 1.45 bits per heavy atom. The number of hydrogen-bond donors (Lipinski definition) is 1. The van der Waals surface area contributed by atoms with Gasteiger partial charge in [0, 0.05) is 24.9 Å². The van der Waals surface area contributed by atoms with Crippen molar-refractivity contribution in [2.45, 2.75) is 45.4 Å². The molecule has 1 amide bonds. The lowest BCUT2D eigenvalue weighted by atomic mass is 9.75. The Bertz CT molecular complexity index is 464. The molecule has 1 aromatic heterocycles. The normalized spacial score (nSPS) is 17.9. The van der Waals surface area contributed by atoms with E-state index in [4.69, 9.17) is 11.6 Å². The molecule has 4 nitrogen and oxygen atoms in total. The predicted molar refractivity (Wildman–Crippen MR) is 81.2 cm³/mol. The van der Waals surface area contributed by atoms with Crippen LogP contribution in [0.5, 0.6) is 0 Å². The van der Waals surface area contributed by atoms with E-state index in [1.165, 1.54) is 19.3 Å². The molecule has 0 unspecified atom stereocenters. The highest BCUT2D eigenvalue weighted by Gasteiger charge is 2.31. The van der Waals surface area contributed by atoms with E-state index < -0.39 is 0 Å². The first-order valence-corrected chi connectivity index (χ1v) is 8.01. The number of hydrogen-bond acceptors (Lipinski definition) is 2. The molecule has 20 heavy (non-hydrogen) atoms. The third-order valence-corrected chi connectivity index (χ3v) is 4.91. The zero-order chi connectivity index (χ0) is 14.6. The van der Waals surface area contributed by atoms with Crippen LogP contribution in [-0.4, -0.2) is 28.1 Å². The van der Waals surface area contributed by atoms with Gasteiger partial charge in [-0.15, -0.1) is 11.6 Å². The molecule has 0 atom stereocenters. The summed E-state index contributed by atoms with van der Waals surface area (Å²) in [6.07, 6.45) is 6.79. The Morgan fingerprint density at radius 2 is 2.15 bits per heavy atom. The number of carbonyl (C=O) groups excluding carboxylic acids is 1. The molecule has 1 aromatic rings. The van der Waals surface area contributed by atoms with E-state index in [0.717, 1.165) is 25.0 Å². The SMILES string of the molecule is CCc1cc(C(=O)NCC2(CCl)CCCCC2)n(C)n1. The molecule has 2 rings (SSSR count). The average molecular weight is 298 g/mol. The van der Waals surface area contributed by atoms with Crippen LogP contribution in [0, 0.1) is 5.41 Å². The van der Waals surface area contributed by atoms with Crippen molar-refractivity contribution in [2.75, 3.05) is 12.4 Å². The molecule has 112 valence electrons. The van der Waals surface area contributed by atoms with Crippen LogP contribution in [0.4, 0.5) is 0 Å². The largest absolute Gasteiger partial charge is 0.350 e. The number of nitrogens with zero attached hydrogens (tertiary/aromatic N) is 2. The van der Waals surface area contributed by atoms with Gasteiger partial charge in [-0.25, -0.2) is 0 Å². The quantitative estimate of drug-likeness (QED) is 0.850. The second-order valence-electron chi connectivity index (χ2n) is 5.88. The molecular weight excluding hydrogens is 274 g/mol. The van der Waals surface area contributed by atoms with E-state index in [1.807, 2.05) is 20.0 Å². The number of carbonyl (C=O) groups is 1. The van der Waals surface area contributed by atoms with E-state index in [9.17, 15) is 4.79 Å². The number of aryl methyl sites for hydroxylation is 2. The number of rotatable bonds is 5. The standard InChI is InChI=1S/C15H24ClN3O/c1-3-12-9-13(19(2)18-12)14(20)17-11-15(10-16)7-5-4-6-8-15/h9H,3-8,10-11H2,1-2H3,(H,17,20). The molecule has 0 aromatic carbocycles. The van der Waals surface area contributed by atoms with E-state index in [0.29, 0.717) is 18.1 Å². The van der Waals surface area contributed by atoms with Gasteiger partial charge in [0.1, 0.15) is 5.69 Å². The summed E-state index contributed by atoms with van der Waals surface area (Å²) in [5, 5.41) is 7.37. The highest BCUT2D eigenvalue weighted by molar-refractivity contribution is 6.18. The van der Waals surface area contributed by atoms with Gasteiger partial charge in [0.25, 0.3) is 5.91 Å². The molecule has 0 radical (unpaired) electrons. The van der Waals surface area contributed by atoms with Gasteiger partial charge in [0.05, 0.1) is 5.69 Å². The van der Waals surface area contributed by atoms with Gasteiger partial charge in [-0.05, 0) is 25.3 Å². The first kappa shape index (κ1) is 15.4. The number of alkyl halides is 1. The topological polar surface area (TPSA) is 46.9 Å². The van der Waals surface area contributed by atoms with Crippen molar-refractivity contribution < 1.29 is 4.79 Å². The van der Waals surface area contributed by atoms with Crippen LogP contribution in [0.3, 0.4) is 0 Å². The molecule has 5 heteroatoms. The third kappa shape index (κ3) is 3.35. The fraction of sp³-hybridized carbons (Fsp3) is 0.733. The molecule has 1 aliphatic rings. The predicted octanol–water partition coefficient (Wildman–Crippen LogP) is 2.90. The molecule has 0 spiro atoms. The molecule has 1 N–H and O–H groups in total. The Kier molecular flexibility index (Phi) is 5.08. The van der Waals surface area contributed by atoms with Crippen molar-refractivity contribution >= 4 is 17.5 Å². The van der Waals surface area contributed by atoms with Crippen LogP contribution in [0.15, 0.2) is 6.07 Å². The second-order valence-corrected chi connectivity index (χ2v) is 6.14. The first-order valence-electron chi connectivity index (χ1n) is 7.47. The third-order valence-electron chi connectivity index (χ3n) is 4.35. The van der Waals surface area contributed by atoms with Crippen molar-refractivity contribution in [3.05, 3.63) is 17.5 Å². The summed E-state index contributed by atoms with van der Waals surface area (Å²) in [6, 6.07) is 1.86. The van der Waals surface area contributed by atoms with Gasteiger partial charge in [-0.3, -0.25) is 9.48 Å². The molecule has 1 heterocycles. The minimum atomic E-state index is -0.0465. The van der Waals surface area contributed by atoms with E-state index in [1.54, 1.807) is 4.68 Å². The van der Waals surface area contributed by atoms with Crippen molar-refractivity contribution in [3.63, 3.8) is 0 Å². The number of nitrogens with one attached hydrogen (secondary N) is 1. The molecular formula is C15H24ClN3O. The lowest BCUT2D eigenvalue weighted by Gasteiger charge is -2.35. The van der Waals surface area contributed by atoms with Crippen LogP contribution in [-0.2, 0) is 13.5 Å². The van der Waals surface area contributed by atoms with Crippen molar-refractivity contribution in [1.29, 1.82) is 0 Å². The summed E-state index contributed by atoms with van der Waals surface area (Å²) in [6.45, 7) is 2.70. The monoisotopic (exact) mass is 297 g/mol. The van der Waals surface area contributed by atoms with Crippen molar-refractivity contribution in [1.82, 2.24) is 15.1 Å². The lowest BCUT2D eigenvalue weighted by Crippen LogP contribution is -2.40. The van der Waals surface area contributed by atoms with E-state index >= 15 is 0 Å². The summed E-state index contributed by atoms with van der Waals surface area (Å²) in [5.74, 6) is 0.577. The summed E-state index contributed by atoms with van der Waals surface area (Å²) < 4.78 is 1.66. The Morgan fingerprint density at radius 3 is 2.70 bits per heavy atom. The molecule has 1 saturated carbocycles. The highest BCUT2D eigenvalue weighted by Crippen LogP contribution is 2.36. The molecule has 0 saturated heterocycles. The summed E-state index contributed by atoms with van der Waals surface area (Å²) >= 11 is 6.16. The molecule has 0 bridgehead atoms. The van der Waals surface area contributed by atoms with Gasteiger partial charge >= 0.3 is 0 Å². The first-order chi connectivity index (χ1) is 9.60. The zero-order valence-electron chi connectivity index (χ0n) is 12.4. The molecule has 1 fully saturated rings. The van der Waals surface area contributed by atoms with Crippen molar-refractivity contribution in [3.8, 4) is 0 Å². The number of halogens is 1. The fourth-order valence-electron chi connectivity index (χ4n) is 2.93. The fourth-order valence-corrected chi connectivity index (χ4v) is 3.29. The van der Waals surface area contributed by atoms with Gasteiger partial charge in [-0.1, -0.05) is 26.2 Å². The zero-order valence-corrected chi connectivity index (χ0v) is 13.2. The van der Waals surface area contributed by atoms with Crippen LogP contribution in [0.2, 0.25) is 0 Å². The number of aromatic nitrogens is 2. The minimum Gasteiger partial charge on any atom is -0.350 e.